The zero-order valence-corrected chi connectivity index (χ0v) is 19.2. The number of aromatic hydroxyl groups is 1. The first kappa shape index (κ1) is 26.2. The van der Waals surface area contributed by atoms with Crippen molar-refractivity contribution in [3.63, 3.8) is 0 Å². The summed E-state index contributed by atoms with van der Waals surface area (Å²) in [6, 6.07) is 4.52. The highest BCUT2D eigenvalue weighted by molar-refractivity contribution is 5.97. The van der Waals surface area contributed by atoms with E-state index in [-0.39, 0.29) is 17.7 Å². The van der Waals surface area contributed by atoms with Gasteiger partial charge in [-0.1, -0.05) is 103 Å². The summed E-state index contributed by atoms with van der Waals surface area (Å²) in [5.74, 6) is -1.16. The zero-order valence-electron chi connectivity index (χ0n) is 19.2. The fourth-order valence-corrected chi connectivity index (χ4v) is 3.59. The number of hydrogen-bond acceptors (Lipinski definition) is 4. The van der Waals surface area contributed by atoms with E-state index in [0.717, 1.165) is 19.3 Å². The average molecular weight is 419 g/mol. The van der Waals surface area contributed by atoms with E-state index in [1.807, 2.05) is 0 Å². The molecule has 1 N–H and O–H groups in total. The molecule has 1 aromatic carbocycles. The van der Waals surface area contributed by atoms with Gasteiger partial charge in [-0.2, -0.15) is 0 Å². The smallest absolute Gasteiger partial charge is 0.345 e. The van der Waals surface area contributed by atoms with Gasteiger partial charge in [0.05, 0.1) is 5.56 Å². The molecule has 0 spiro atoms. The van der Waals surface area contributed by atoms with Crippen molar-refractivity contribution in [2.45, 2.75) is 117 Å². The first-order valence-electron chi connectivity index (χ1n) is 12.1. The monoisotopic (exact) mass is 418 g/mol. The van der Waals surface area contributed by atoms with Gasteiger partial charge in [0, 0.05) is 6.42 Å². The van der Waals surface area contributed by atoms with Crippen LogP contribution in [0.3, 0.4) is 0 Å². The molecule has 0 atom stereocenters. The summed E-state index contributed by atoms with van der Waals surface area (Å²) in [6.45, 7) is 4.00. The van der Waals surface area contributed by atoms with Gasteiger partial charge in [0.2, 0.25) is 0 Å². The number of hydrogen-bond donors (Lipinski definition) is 1. The van der Waals surface area contributed by atoms with Crippen molar-refractivity contribution in [3.8, 4) is 5.75 Å². The maximum Gasteiger partial charge on any atom is 0.345 e. The lowest BCUT2D eigenvalue weighted by Gasteiger charge is -2.05. The molecule has 0 saturated heterocycles. The van der Waals surface area contributed by atoms with Crippen LogP contribution in [0.1, 0.15) is 126 Å². The molecule has 0 saturated carbocycles. The molecular weight excluding hydrogens is 376 g/mol. The lowest BCUT2D eigenvalue weighted by atomic mass is 10.0. The van der Waals surface area contributed by atoms with Gasteiger partial charge < -0.3 is 9.84 Å². The summed E-state index contributed by atoms with van der Waals surface area (Å²) in [4.78, 5) is 23.7. The van der Waals surface area contributed by atoms with Crippen LogP contribution in [0.2, 0.25) is 0 Å². The lowest BCUT2D eigenvalue weighted by Crippen LogP contribution is -2.12. The molecule has 30 heavy (non-hydrogen) atoms. The van der Waals surface area contributed by atoms with Crippen molar-refractivity contribution in [2.24, 2.45) is 0 Å². The first-order chi connectivity index (χ1) is 14.5. The summed E-state index contributed by atoms with van der Waals surface area (Å²) < 4.78 is 4.86. The Balaban J connectivity index is 1.92. The second-order valence-corrected chi connectivity index (χ2v) is 8.46. The number of aryl methyl sites for hydroxylation is 1. The van der Waals surface area contributed by atoms with Crippen LogP contribution >= 0.6 is 0 Å². The maximum absolute atomic E-state index is 11.9. The predicted molar refractivity (Wildman–Crippen MR) is 123 cm³/mol. The number of phenolic OH excluding ortho intramolecular Hbond substituents is 1. The summed E-state index contributed by atoms with van der Waals surface area (Å²) in [7, 11) is 0. The number of carbonyl (C=O) groups is 2. The standard InChI is InChI=1S/C26H42O4/c1-3-4-5-6-7-8-9-10-11-12-13-14-15-16-17-18-25(28)30-26(29)23-20-19-22(2)24(27)21-23/h19-21,27H,3-18H2,1-2H3. The van der Waals surface area contributed by atoms with Crippen molar-refractivity contribution in [1.29, 1.82) is 0 Å². The van der Waals surface area contributed by atoms with Crippen LogP contribution in [0, 0.1) is 6.92 Å². The second kappa shape index (κ2) is 16.9. The normalized spacial score (nSPS) is 10.9. The van der Waals surface area contributed by atoms with Gasteiger partial charge >= 0.3 is 11.9 Å². The quantitative estimate of drug-likeness (QED) is 0.160. The molecule has 0 fully saturated rings. The van der Waals surface area contributed by atoms with Crippen LogP contribution in [0.25, 0.3) is 0 Å². The van der Waals surface area contributed by atoms with Crippen molar-refractivity contribution < 1.29 is 19.4 Å². The molecule has 4 heteroatoms. The van der Waals surface area contributed by atoms with Crippen LogP contribution in [-0.2, 0) is 9.53 Å². The number of rotatable bonds is 17. The van der Waals surface area contributed by atoms with E-state index in [0.29, 0.717) is 5.56 Å². The van der Waals surface area contributed by atoms with Crippen LogP contribution in [0.4, 0.5) is 0 Å². The van der Waals surface area contributed by atoms with Gasteiger partial charge in [-0.25, -0.2) is 4.79 Å². The number of benzene rings is 1. The molecule has 170 valence electrons. The molecule has 0 aliphatic carbocycles. The van der Waals surface area contributed by atoms with E-state index in [1.54, 1.807) is 19.1 Å². The van der Waals surface area contributed by atoms with E-state index in [1.165, 1.54) is 83.1 Å². The van der Waals surface area contributed by atoms with Gasteiger partial charge in [0.25, 0.3) is 0 Å². The van der Waals surface area contributed by atoms with Crippen molar-refractivity contribution >= 4 is 11.9 Å². The molecule has 0 heterocycles. The summed E-state index contributed by atoms with van der Waals surface area (Å²) in [5, 5.41) is 9.64. The molecule has 0 aliphatic rings. The molecule has 0 aliphatic heterocycles. The molecule has 0 aromatic heterocycles. The third-order valence-corrected chi connectivity index (χ3v) is 5.64. The SMILES string of the molecule is CCCCCCCCCCCCCCCCCC(=O)OC(=O)c1ccc(C)c(O)c1. The molecule has 1 rings (SSSR count). The van der Waals surface area contributed by atoms with Crippen LogP contribution in [0.5, 0.6) is 5.75 Å². The Hall–Kier alpha value is -1.84. The number of ether oxygens (including phenoxy) is 1. The van der Waals surface area contributed by atoms with Gasteiger partial charge in [-0.3, -0.25) is 4.79 Å². The minimum Gasteiger partial charge on any atom is -0.508 e. The molecule has 1 aromatic rings. The Bertz CT molecular complexity index is 609. The highest BCUT2D eigenvalue weighted by atomic mass is 16.6. The highest BCUT2D eigenvalue weighted by Crippen LogP contribution is 2.18. The van der Waals surface area contributed by atoms with E-state index >= 15 is 0 Å². The van der Waals surface area contributed by atoms with E-state index in [2.05, 4.69) is 6.92 Å². The Labute approximate surface area is 183 Å². The molecule has 0 unspecified atom stereocenters. The Kier molecular flexibility index (Phi) is 14.8. The van der Waals surface area contributed by atoms with Crippen LogP contribution in [-0.4, -0.2) is 17.0 Å². The van der Waals surface area contributed by atoms with E-state index < -0.39 is 11.9 Å². The van der Waals surface area contributed by atoms with Crippen LogP contribution < -0.4 is 0 Å². The maximum atomic E-state index is 11.9. The first-order valence-corrected chi connectivity index (χ1v) is 12.1. The minimum absolute atomic E-state index is 0.0271. The Morgan fingerprint density at radius 2 is 1.23 bits per heavy atom. The van der Waals surface area contributed by atoms with Gasteiger partial charge in [0.1, 0.15) is 5.75 Å². The highest BCUT2D eigenvalue weighted by Gasteiger charge is 2.13. The average Bonchev–Trinajstić information content (AvgIpc) is 2.72. The van der Waals surface area contributed by atoms with Gasteiger partial charge in [-0.15, -0.1) is 0 Å². The summed E-state index contributed by atoms with van der Waals surface area (Å²) >= 11 is 0. The number of phenols is 1. The third kappa shape index (κ3) is 12.7. The Morgan fingerprint density at radius 1 is 0.767 bits per heavy atom. The van der Waals surface area contributed by atoms with E-state index in [9.17, 15) is 14.7 Å². The number of unbranched alkanes of at least 4 members (excludes halogenated alkanes) is 14. The topological polar surface area (TPSA) is 63.6 Å². The molecule has 0 radical (unpaired) electrons. The Morgan fingerprint density at radius 3 is 1.70 bits per heavy atom. The van der Waals surface area contributed by atoms with Crippen molar-refractivity contribution in [1.82, 2.24) is 0 Å². The molecule has 0 bridgehead atoms. The lowest BCUT2D eigenvalue weighted by molar-refractivity contribution is -0.138. The predicted octanol–water partition coefficient (Wildman–Crippen LogP) is 7.65. The summed E-state index contributed by atoms with van der Waals surface area (Å²) in [6.07, 6.45) is 19.4. The van der Waals surface area contributed by atoms with E-state index in [4.69, 9.17) is 4.74 Å². The van der Waals surface area contributed by atoms with Crippen molar-refractivity contribution in [2.75, 3.05) is 0 Å². The van der Waals surface area contributed by atoms with Crippen molar-refractivity contribution in [3.05, 3.63) is 29.3 Å². The fourth-order valence-electron chi connectivity index (χ4n) is 3.59. The number of esters is 2. The van der Waals surface area contributed by atoms with Gasteiger partial charge in [0.15, 0.2) is 0 Å². The minimum atomic E-state index is -0.698. The zero-order chi connectivity index (χ0) is 22.0. The molecule has 0 amide bonds. The third-order valence-electron chi connectivity index (χ3n) is 5.64. The largest absolute Gasteiger partial charge is 0.508 e. The van der Waals surface area contributed by atoms with Crippen LogP contribution in [0.15, 0.2) is 18.2 Å². The second-order valence-electron chi connectivity index (χ2n) is 8.46. The summed E-state index contributed by atoms with van der Waals surface area (Å²) in [5.41, 5.74) is 0.874. The molecule has 4 nitrogen and oxygen atoms in total. The fraction of sp³-hybridized carbons (Fsp3) is 0.692. The van der Waals surface area contributed by atoms with Gasteiger partial charge in [-0.05, 0) is 31.0 Å². The molecular formula is C26H42O4. The number of carbonyl (C=O) groups excluding carboxylic acids is 2.